The number of carboxylic acid groups (broad SMARTS) is 1. The highest BCUT2D eigenvalue weighted by molar-refractivity contribution is 5.78. The van der Waals surface area contributed by atoms with Gasteiger partial charge in [-0.15, -0.1) is 0 Å². The third kappa shape index (κ3) is 3.74. The molecule has 0 bridgehead atoms. The Kier molecular flexibility index (Phi) is 5.31. The summed E-state index contributed by atoms with van der Waals surface area (Å²) >= 11 is 0. The summed E-state index contributed by atoms with van der Waals surface area (Å²) in [4.78, 5) is 31.1. The number of carbonyl (C=O) groups is 1. The molecule has 1 atom stereocenters. The van der Waals surface area contributed by atoms with E-state index < -0.39 is 29.1 Å². The van der Waals surface area contributed by atoms with Gasteiger partial charge in [0.2, 0.25) is 0 Å². The first-order valence-electron chi connectivity index (χ1n) is 9.29. The molecule has 0 unspecified atom stereocenters. The summed E-state index contributed by atoms with van der Waals surface area (Å²) in [6, 6.07) is 11.2. The molecule has 1 aromatic heterocycles. The van der Waals surface area contributed by atoms with Crippen LogP contribution in [0, 0.1) is 17.1 Å². The topological polar surface area (TPSA) is 99.2 Å². The largest absolute Gasteiger partial charge is 0.465 e. The first-order valence-corrected chi connectivity index (χ1v) is 9.29. The number of nitrogens with zero attached hydrogens (tertiary/aromatic N) is 4. The summed E-state index contributed by atoms with van der Waals surface area (Å²) in [5.74, 6) is -0.409. The van der Waals surface area contributed by atoms with Gasteiger partial charge in [0.1, 0.15) is 11.6 Å². The summed E-state index contributed by atoms with van der Waals surface area (Å²) in [7, 11) is 0. The van der Waals surface area contributed by atoms with Crippen molar-refractivity contribution in [3.8, 4) is 11.8 Å². The van der Waals surface area contributed by atoms with E-state index in [0.29, 0.717) is 11.3 Å². The molecule has 1 heterocycles. The van der Waals surface area contributed by atoms with Gasteiger partial charge in [-0.1, -0.05) is 6.07 Å². The maximum Gasteiger partial charge on any atom is 0.408 e. The number of fused-ring (bicyclic) bond motifs is 1. The lowest BCUT2D eigenvalue weighted by molar-refractivity contribution is 0.0719. The van der Waals surface area contributed by atoms with Crippen LogP contribution in [-0.2, 0) is 0 Å². The Hall–Kier alpha value is -3.73. The molecular weight excluding hydrogens is 387 g/mol. The van der Waals surface area contributed by atoms with Crippen LogP contribution in [0.3, 0.4) is 0 Å². The van der Waals surface area contributed by atoms with Crippen molar-refractivity contribution in [3.63, 3.8) is 0 Å². The molecule has 0 aliphatic rings. The van der Waals surface area contributed by atoms with E-state index in [1.165, 1.54) is 27.7 Å². The van der Waals surface area contributed by atoms with Crippen LogP contribution in [0.15, 0.2) is 47.3 Å². The summed E-state index contributed by atoms with van der Waals surface area (Å²) in [6.07, 6.45) is -1.17. The van der Waals surface area contributed by atoms with Gasteiger partial charge in [-0.25, -0.2) is 14.2 Å². The van der Waals surface area contributed by atoms with E-state index in [9.17, 15) is 24.3 Å². The van der Waals surface area contributed by atoms with Crippen LogP contribution in [0.2, 0.25) is 0 Å². The zero-order valence-corrected chi connectivity index (χ0v) is 17.0. The van der Waals surface area contributed by atoms with Crippen molar-refractivity contribution < 1.29 is 14.3 Å². The van der Waals surface area contributed by atoms with Crippen LogP contribution in [0.25, 0.3) is 16.6 Å². The Morgan fingerprint density at radius 1 is 1.27 bits per heavy atom. The first kappa shape index (κ1) is 21.0. The molecule has 3 aromatic rings. The monoisotopic (exact) mass is 408 g/mol. The zero-order valence-electron chi connectivity index (χ0n) is 17.0. The highest BCUT2D eigenvalue weighted by atomic mass is 19.1. The maximum absolute atomic E-state index is 13.8. The van der Waals surface area contributed by atoms with Crippen LogP contribution in [-0.4, -0.2) is 31.2 Å². The number of nitriles is 1. The van der Waals surface area contributed by atoms with Crippen molar-refractivity contribution in [2.75, 3.05) is 0 Å². The lowest BCUT2D eigenvalue weighted by atomic mass is 10.0. The average molecular weight is 408 g/mol. The lowest BCUT2D eigenvalue weighted by Gasteiger charge is -2.38. The van der Waals surface area contributed by atoms with Gasteiger partial charge in [-0.05, 0) is 64.1 Å². The minimum absolute atomic E-state index is 0.0611. The van der Waals surface area contributed by atoms with Gasteiger partial charge in [0.15, 0.2) is 0 Å². The van der Waals surface area contributed by atoms with Gasteiger partial charge in [0, 0.05) is 5.54 Å². The molecule has 2 aromatic carbocycles. The van der Waals surface area contributed by atoms with Gasteiger partial charge < -0.3 is 5.11 Å². The van der Waals surface area contributed by atoms with E-state index in [1.54, 1.807) is 45.9 Å². The van der Waals surface area contributed by atoms with Gasteiger partial charge >= 0.3 is 6.09 Å². The SMILES string of the molecule is C[C@@H](c1nc2ccc(F)cc2c(=O)n1-c1cccc(C#N)c1)N(C(=O)O)C(C)(C)C. The van der Waals surface area contributed by atoms with E-state index >= 15 is 0 Å². The lowest BCUT2D eigenvalue weighted by Crippen LogP contribution is -2.47. The van der Waals surface area contributed by atoms with Crippen molar-refractivity contribution >= 4 is 17.0 Å². The van der Waals surface area contributed by atoms with Crippen LogP contribution in [0.1, 0.15) is 45.1 Å². The van der Waals surface area contributed by atoms with Gasteiger partial charge in [0.25, 0.3) is 5.56 Å². The molecule has 8 heteroatoms. The number of benzene rings is 2. The highest BCUT2D eigenvalue weighted by Crippen LogP contribution is 2.29. The van der Waals surface area contributed by atoms with Crippen molar-refractivity contribution in [2.24, 2.45) is 0 Å². The molecule has 1 amide bonds. The van der Waals surface area contributed by atoms with Gasteiger partial charge in [-0.3, -0.25) is 14.3 Å². The van der Waals surface area contributed by atoms with Gasteiger partial charge in [0.05, 0.1) is 34.3 Å². The van der Waals surface area contributed by atoms with E-state index in [1.807, 2.05) is 6.07 Å². The van der Waals surface area contributed by atoms with Crippen LogP contribution < -0.4 is 5.56 Å². The standard InChI is InChI=1S/C22H21FN4O3/c1-13(27(21(29)30)22(2,3)4)19-25-18-9-8-15(23)11-17(18)20(28)26(19)16-7-5-6-14(10-16)12-24/h5-11,13H,1-4H3,(H,29,30)/t13-/m0/s1. The maximum atomic E-state index is 13.8. The minimum atomic E-state index is -1.17. The third-order valence-corrected chi connectivity index (χ3v) is 4.78. The van der Waals surface area contributed by atoms with E-state index in [0.717, 1.165) is 6.07 Å². The number of rotatable bonds is 3. The Morgan fingerprint density at radius 3 is 2.57 bits per heavy atom. The predicted octanol–water partition coefficient (Wildman–Crippen LogP) is 4.24. The van der Waals surface area contributed by atoms with Crippen molar-refractivity contribution in [2.45, 2.75) is 39.3 Å². The normalized spacial score (nSPS) is 12.4. The molecule has 30 heavy (non-hydrogen) atoms. The predicted molar refractivity (Wildman–Crippen MR) is 110 cm³/mol. The second-order valence-electron chi connectivity index (χ2n) is 7.93. The molecular formula is C22H21FN4O3. The van der Waals surface area contributed by atoms with Gasteiger partial charge in [-0.2, -0.15) is 5.26 Å². The number of amides is 1. The molecule has 3 rings (SSSR count). The van der Waals surface area contributed by atoms with E-state index in [4.69, 9.17) is 0 Å². The van der Waals surface area contributed by atoms with Crippen molar-refractivity contribution in [1.82, 2.24) is 14.5 Å². The molecule has 0 fully saturated rings. The Morgan fingerprint density at radius 2 is 1.97 bits per heavy atom. The molecule has 0 saturated carbocycles. The first-order chi connectivity index (χ1) is 14.0. The van der Waals surface area contributed by atoms with E-state index in [-0.39, 0.29) is 16.7 Å². The molecule has 7 nitrogen and oxygen atoms in total. The summed E-state index contributed by atoms with van der Waals surface area (Å²) in [5, 5.41) is 19.1. The number of hydrogen-bond donors (Lipinski definition) is 1. The number of halogens is 1. The summed E-state index contributed by atoms with van der Waals surface area (Å²) < 4.78 is 15.1. The number of hydrogen-bond acceptors (Lipinski definition) is 4. The fraction of sp³-hybridized carbons (Fsp3) is 0.273. The fourth-order valence-corrected chi connectivity index (χ4v) is 3.57. The highest BCUT2D eigenvalue weighted by Gasteiger charge is 2.34. The quantitative estimate of drug-likeness (QED) is 0.699. The molecule has 0 spiro atoms. The Bertz CT molecular complexity index is 1240. The fourth-order valence-electron chi connectivity index (χ4n) is 3.57. The Balaban J connectivity index is 2.40. The molecule has 0 radical (unpaired) electrons. The second-order valence-corrected chi connectivity index (χ2v) is 7.93. The van der Waals surface area contributed by atoms with Crippen molar-refractivity contribution in [3.05, 3.63) is 70.0 Å². The average Bonchev–Trinajstić information content (AvgIpc) is 2.66. The Labute approximate surface area is 172 Å². The molecule has 154 valence electrons. The zero-order chi connectivity index (χ0) is 22.2. The number of aromatic nitrogens is 2. The summed E-state index contributed by atoms with van der Waals surface area (Å²) in [5.41, 5.74) is -0.395. The third-order valence-electron chi connectivity index (χ3n) is 4.78. The van der Waals surface area contributed by atoms with Crippen LogP contribution in [0.4, 0.5) is 9.18 Å². The second kappa shape index (κ2) is 7.59. The molecule has 0 aliphatic carbocycles. The van der Waals surface area contributed by atoms with E-state index in [2.05, 4.69) is 4.98 Å². The summed E-state index contributed by atoms with van der Waals surface area (Å²) in [6.45, 7) is 6.87. The van der Waals surface area contributed by atoms with Crippen LogP contribution >= 0.6 is 0 Å². The smallest absolute Gasteiger partial charge is 0.408 e. The minimum Gasteiger partial charge on any atom is -0.465 e. The molecule has 0 aliphatic heterocycles. The van der Waals surface area contributed by atoms with Crippen molar-refractivity contribution in [1.29, 1.82) is 5.26 Å². The molecule has 1 N–H and O–H groups in total. The van der Waals surface area contributed by atoms with Crippen LogP contribution in [0.5, 0.6) is 0 Å². The molecule has 0 saturated heterocycles.